The lowest BCUT2D eigenvalue weighted by atomic mass is 9.81. The smallest absolute Gasteiger partial charge is 0.123 e. The monoisotopic (exact) mass is 168 g/mol. The van der Waals surface area contributed by atoms with Gasteiger partial charge in [0.05, 0.1) is 0 Å². The highest BCUT2D eigenvalue weighted by Crippen LogP contribution is 2.48. The van der Waals surface area contributed by atoms with Crippen molar-refractivity contribution in [1.82, 2.24) is 0 Å². The van der Waals surface area contributed by atoms with Crippen molar-refractivity contribution in [3.05, 3.63) is 0 Å². The predicted octanol–water partition coefficient (Wildman–Crippen LogP) is 2.75. The van der Waals surface area contributed by atoms with Gasteiger partial charge in [0.15, 0.2) is 0 Å². The Labute approximate surface area is 75.5 Å². The first-order valence-corrected chi connectivity index (χ1v) is 5.03. The van der Waals surface area contributed by atoms with E-state index in [-0.39, 0.29) is 0 Å². The molecule has 1 rings (SSSR count). The second-order valence-corrected chi connectivity index (χ2v) is 4.76. The maximum Gasteiger partial charge on any atom is 0.123 e. The highest BCUT2D eigenvalue weighted by Gasteiger charge is 2.44. The van der Waals surface area contributed by atoms with Crippen LogP contribution in [-0.4, -0.2) is 6.29 Å². The van der Waals surface area contributed by atoms with Crippen LogP contribution in [0, 0.1) is 29.6 Å². The minimum absolute atomic E-state index is 0.389. The quantitative estimate of drug-likeness (QED) is 0.590. The standard InChI is InChI=1S/C11H20O/c1-7(2)11(8(3)4)10-5-9(10)6-12/h6-11H,5H2,1-4H3/t9-,10+/m0/s1. The molecule has 1 fully saturated rings. The van der Waals surface area contributed by atoms with Crippen molar-refractivity contribution >= 4 is 6.29 Å². The van der Waals surface area contributed by atoms with Crippen LogP contribution in [0.5, 0.6) is 0 Å². The zero-order chi connectivity index (χ0) is 9.30. The van der Waals surface area contributed by atoms with Crippen LogP contribution in [0.3, 0.4) is 0 Å². The maximum atomic E-state index is 10.5. The minimum Gasteiger partial charge on any atom is -0.303 e. The van der Waals surface area contributed by atoms with Gasteiger partial charge in [-0.15, -0.1) is 0 Å². The molecule has 0 spiro atoms. The number of carbonyl (C=O) groups excluding carboxylic acids is 1. The molecule has 0 bridgehead atoms. The van der Waals surface area contributed by atoms with Gasteiger partial charge in [0.1, 0.15) is 6.29 Å². The summed E-state index contributed by atoms with van der Waals surface area (Å²) in [6.07, 6.45) is 2.28. The van der Waals surface area contributed by atoms with Gasteiger partial charge in [-0.3, -0.25) is 0 Å². The van der Waals surface area contributed by atoms with Crippen molar-refractivity contribution < 1.29 is 4.79 Å². The van der Waals surface area contributed by atoms with Crippen molar-refractivity contribution in [2.45, 2.75) is 34.1 Å². The fraction of sp³-hybridized carbons (Fsp3) is 0.909. The first-order valence-electron chi connectivity index (χ1n) is 5.03. The van der Waals surface area contributed by atoms with Crippen LogP contribution in [0.4, 0.5) is 0 Å². The number of hydrogen-bond donors (Lipinski definition) is 0. The Balaban J connectivity index is 2.51. The van der Waals surface area contributed by atoms with Gasteiger partial charge in [0.2, 0.25) is 0 Å². The van der Waals surface area contributed by atoms with Gasteiger partial charge >= 0.3 is 0 Å². The molecule has 0 heterocycles. The van der Waals surface area contributed by atoms with E-state index in [0.29, 0.717) is 11.8 Å². The van der Waals surface area contributed by atoms with E-state index in [1.165, 1.54) is 0 Å². The van der Waals surface area contributed by atoms with Crippen LogP contribution in [0.25, 0.3) is 0 Å². The summed E-state index contributed by atoms with van der Waals surface area (Å²) >= 11 is 0. The molecule has 0 saturated heterocycles. The first-order chi connectivity index (χ1) is 5.57. The molecule has 1 aliphatic rings. The van der Waals surface area contributed by atoms with Gasteiger partial charge in [-0.1, -0.05) is 27.7 Å². The molecule has 0 amide bonds. The third kappa shape index (κ3) is 1.88. The Kier molecular flexibility index (Phi) is 2.92. The fourth-order valence-corrected chi connectivity index (χ4v) is 2.59. The molecule has 0 radical (unpaired) electrons. The van der Waals surface area contributed by atoms with E-state index in [0.717, 1.165) is 30.5 Å². The second-order valence-electron chi connectivity index (χ2n) is 4.76. The average molecular weight is 168 g/mol. The van der Waals surface area contributed by atoms with Crippen LogP contribution < -0.4 is 0 Å². The highest BCUT2D eigenvalue weighted by molar-refractivity contribution is 5.58. The van der Waals surface area contributed by atoms with Crippen LogP contribution in [0.1, 0.15) is 34.1 Å². The first kappa shape index (κ1) is 9.76. The normalized spacial score (nSPS) is 28.6. The molecule has 0 aromatic carbocycles. The van der Waals surface area contributed by atoms with Crippen molar-refractivity contribution in [3.63, 3.8) is 0 Å². The third-order valence-electron chi connectivity index (χ3n) is 3.10. The molecule has 0 aromatic heterocycles. The van der Waals surface area contributed by atoms with E-state index in [4.69, 9.17) is 0 Å². The summed E-state index contributed by atoms with van der Waals surface area (Å²) in [5.41, 5.74) is 0. The summed E-state index contributed by atoms with van der Waals surface area (Å²) in [4.78, 5) is 10.5. The van der Waals surface area contributed by atoms with Gasteiger partial charge in [-0.05, 0) is 30.1 Å². The van der Waals surface area contributed by atoms with Gasteiger partial charge in [0, 0.05) is 5.92 Å². The van der Waals surface area contributed by atoms with Crippen LogP contribution in [0.2, 0.25) is 0 Å². The van der Waals surface area contributed by atoms with Gasteiger partial charge in [-0.2, -0.15) is 0 Å². The molecule has 0 N–H and O–H groups in total. The Morgan fingerprint density at radius 1 is 1.17 bits per heavy atom. The van der Waals surface area contributed by atoms with Crippen molar-refractivity contribution in [1.29, 1.82) is 0 Å². The molecule has 1 heteroatoms. The number of carbonyl (C=O) groups is 1. The molecule has 0 aromatic rings. The number of hydrogen-bond acceptors (Lipinski definition) is 1. The average Bonchev–Trinajstić information content (AvgIpc) is 2.65. The zero-order valence-electron chi connectivity index (χ0n) is 8.58. The molecule has 70 valence electrons. The molecule has 1 aliphatic carbocycles. The Bertz CT molecular complexity index is 152. The minimum atomic E-state index is 0.389. The molecule has 0 aliphatic heterocycles. The molecule has 0 unspecified atom stereocenters. The lowest BCUT2D eigenvalue weighted by Gasteiger charge is -2.24. The molecule has 2 atom stereocenters. The number of rotatable bonds is 4. The van der Waals surface area contributed by atoms with Gasteiger partial charge in [0.25, 0.3) is 0 Å². The Morgan fingerprint density at radius 3 is 1.92 bits per heavy atom. The van der Waals surface area contributed by atoms with Crippen LogP contribution in [-0.2, 0) is 4.79 Å². The molecule has 1 saturated carbocycles. The fourth-order valence-electron chi connectivity index (χ4n) is 2.59. The van der Waals surface area contributed by atoms with E-state index in [9.17, 15) is 4.79 Å². The van der Waals surface area contributed by atoms with E-state index >= 15 is 0 Å². The largest absolute Gasteiger partial charge is 0.303 e. The summed E-state index contributed by atoms with van der Waals surface area (Å²) in [6, 6.07) is 0. The van der Waals surface area contributed by atoms with E-state index in [1.807, 2.05) is 0 Å². The second kappa shape index (κ2) is 3.59. The Morgan fingerprint density at radius 2 is 1.67 bits per heavy atom. The third-order valence-corrected chi connectivity index (χ3v) is 3.10. The van der Waals surface area contributed by atoms with Crippen LogP contribution in [0.15, 0.2) is 0 Å². The lowest BCUT2D eigenvalue weighted by Crippen LogP contribution is -2.18. The van der Waals surface area contributed by atoms with E-state index in [1.54, 1.807) is 0 Å². The predicted molar refractivity (Wildman–Crippen MR) is 50.8 cm³/mol. The zero-order valence-corrected chi connectivity index (χ0v) is 8.58. The molecular weight excluding hydrogens is 148 g/mol. The van der Waals surface area contributed by atoms with Crippen molar-refractivity contribution in [3.8, 4) is 0 Å². The maximum absolute atomic E-state index is 10.5. The van der Waals surface area contributed by atoms with Crippen molar-refractivity contribution in [2.24, 2.45) is 29.6 Å². The molecule has 1 nitrogen and oxygen atoms in total. The SMILES string of the molecule is CC(C)C(C(C)C)[C@@H]1C[C@H]1C=O. The Hall–Kier alpha value is -0.330. The van der Waals surface area contributed by atoms with E-state index < -0.39 is 0 Å². The lowest BCUT2D eigenvalue weighted by molar-refractivity contribution is -0.109. The molecular formula is C11H20O. The highest BCUT2D eigenvalue weighted by atomic mass is 16.1. The summed E-state index contributed by atoms with van der Waals surface area (Å²) in [6.45, 7) is 9.07. The van der Waals surface area contributed by atoms with Gasteiger partial charge < -0.3 is 4.79 Å². The van der Waals surface area contributed by atoms with E-state index in [2.05, 4.69) is 27.7 Å². The summed E-state index contributed by atoms with van der Waals surface area (Å²) in [5.74, 6) is 3.28. The van der Waals surface area contributed by atoms with Gasteiger partial charge in [-0.25, -0.2) is 0 Å². The topological polar surface area (TPSA) is 17.1 Å². The van der Waals surface area contributed by atoms with Crippen molar-refractivity contribution in [2.75, 3.05) is 0 Å². The summed E-state index contributed by atoms with van der Waals surface area (Å²) < 4.78 is 0. The summed E-state index contributed by atoms with van der Waals surface area (Å²) in [5, 5.41) is 0. The number of aldehydes is 1. The molecule has 12 heavy (non-hydrogen) atoms. The van der Waals surface area contributed by atoms with Crippen LogP contribution >= 0.6 is 0 Å². The summed E-state index contributed by atoms with van der Waals surface area (Å²) in [7, 11) is 0.